The minimum absolute atomic E-state index is 0.386. The predicted octanol–water partition coefficient (Wildman–Crippen LogP) is 1.24. The summed E-state index contributed by atoms with van der Waals surface area (Å²) in [6, 6.07) is 3.28. The molecule has 0 atom stereocenters. The number of halogens is 2. The second-order valence-electron chi connectivity index (χ2n) is 2.92. The van der Waals surface area contributed by atoms with Crippen LogP contribution in [0.25, 0.3) is 5.69 Å². The van der Waals surface area contributed by atoms with Gasteiger partial charge in [-0.2, -0.15) is 0 Å². The molecule has 1 heterocycles. The second-order valence-corrected chi connectivity index (χ2v) is 2.92. The molecule has 1 N–H and O–H groups in total. The molecule has 7 heteroatoms. The van der Waals surface area contributed by atoms with E-state index in [4.69, 9.17) is 5.11 Å². The van der Waals surface area contributed by atoms with Crippen molar-refractivity contribution in [3.05, 3.63) is 41.7 Å². The van der Waals surface area contributed by atoms with Crippen LogP contribution in [-0.2, 0) is 0 Å². The number of nitrogens with zero attached hydrogens (tertiary/aromatic N) is 3. The minimum Gasteiger partial charge on any atom is -0.476 e. The van der Waals surface area contributed by atoms with Gasteiger partial charge >= 0.3 is 5.97 Å². The van der Waals surface area contributed by atoms with Crippen molar-refractivity contribution in [1.29, 1.82) is 0 Å². The average molecular weight is 225 g/mol. The lowest BCUT2D eigenvalue weighted by Crippen LogP contribution is -2.02. The van der Waals surface area contributed by atoms with E-state index in [-0.39, 0.29) is 5.69 Å². The summed E-state index contributed by atoms with van der Waals surface area (Å²) in [5.41, 5.74) is -0.842. The number of rotatable bonds is 2. The lowest BCUT2D eigenvalue weighted by atomic mass is 10.3. The number of para-hydroxylation sites is 1. The van der Waals surface area contributed by atoms with Crippen LogP contribution in [0.2, 0.25) is 0 Å². The molecule has 1 aromatic carbocycles. The molecule has 2 rings (SSSR count). The van der Waals surface area contributed by atoms with Gasteiger partial charge in [0, 0.05) is 0 Å². The molecule has 0 radical (unpaired) electrons. The molecule has 0 fully saturated rings. The molecule has 0 unspecified atom stereocenters. The fraction of sp³-hybridized carbons (Fsp3) is 0. The highest BCUT2D eigenvalue weighted by Gasteiger charge is 2.15. The van der Waals surface area contributed by atoms with E-state index in [1.54, 1.807) is 0 Å². The average Bonchev–Trinajstić information content (AvgIpc) is 2.66. The summed E-state index contributed by atoms with van der Waals surface area (Å²) in [6.07, 6.45) is 0.934. The van der Waals surface area contributed by atoms with Crippen LogP contribution in [0.3, 0.4) is 0 Å². The normalized spacial score (nSPS) is 10.4. The van der Waals surface area contributed by atoms with E-state index in [0.717, 1.165) is 23.0 Å². The van der Waals surface area contributed by atoms with Crippen LogP contribution < -0.4 is 0 Å². The lowest BCUT2D eigenvalue weighted by molar-refractivity contribution is 0.0690. The maximum atomic E-state index is 13.3. The topological polar surface area (TPSA) is 68.0 Å². The smallest absolute Gasteiger partial charge is 0.358 e. The molecule has 0 spiro atoms. The van der Waals surface area contributed by atoms with E-state index in [1.165, 1.54) is 6.07 Å². The Bertz CT molecular complexity index is 533. The third-order valence-electron chi connectivity index (χ3n) is 1.88. The van der Waals surface area contributed by atoms with Crippen LogP contribution in [-0.4, -0.2) is 26.1 Å². The van der Waals surface area contributed by atoms with Crippen LogP contribution >= 0.6 is 0 Å². The molecule has 0 amide bonds. The minimum atomic E-state index is -1.32. The molecule has 16 heavy (non-hydrogen) atoms. The lowest BCUT2D eigenvalue weighted by Gasteiger charge is -2.02. The maximum Gasteiger partial charge on any atom is 0.358 e. The van der Waals surface area contributed by atoms with Gasteiger partial charge in [-0.3, -0.25) is 0 Å². The molecular formula is C9H5F2N3O2. The van der Waals surface area contributed by atoms with Crippen molar-refractivity contribution in [3.8, 4) is 5.69 Å². The molecular weight excluding hydrogens is 220 g/mol. The Morgan fingerprint density at radius 1 is 1.31 bits per heavy atom. The van der Waals surface area contributed by atoms with E-state index in [1.807, 2.05) is 0 Å². The van der Waals surface area contributed by atoms with Crippen molar-refractivity contribution < 1.29 is 18.7 Å². The zero-order chi connectivity index (χ0) is 11.7. The number of benzene rings is 1. The number of hydrogen-bond acceptors (Lipinski definition) is 3. The zero-order valence-corrected chi connectivity index (χ0v) is 7.76. The zero-order valence-electron chi connectivity index (χ0n) is 7.76. The predicted molar refractivity (Wildman–Crippen MR) is 48.2 cm³/mol. The van der Waals surface area contributed by atoms with Crippen molar-refractivity contribution in [2.75, 3.05) is 0 Å². The monoisotopic (exact) mass is 225 g/mol. The Kier molecular flexibility index (Phi) is 2.35. The molecule has 1 aromatic heterocycles. The highest BCUT2D eigenvalue weighted by atomic mass is 19.1. The van der Waals surface area contributed by atoms with Crippen molar-refractivity contribution in [3.63, 3.8) is 0 Å². The van der Waals surface area contributed by atoms with Gasteiger partial charge in [0.1, 0.15) is 5.69 Å². The summed E-state index contributed by atoms with van der Waals surface area (Å²) in [7, 11) is 0. The van der Waals surface area contributed by atoms with Crippen LogP contribution in [0.15, 0.2) is 24.4 Å². The summed E-state index contributed by atoms with van der Waals surface area (Å²) in [5.74, 6) is -3.01. The largest absolute Gasteiger partial charge is 0.476 e. The van der Waals surface area contributed by atoms with E-state index in [0.29, 0.717) is 0 Å². The van der Waals surface area contributed by atoms with Gasteiger partial charge in [-0.05, 0) is 12.1 Å². The number of carbonyl (C=O) groups is 1. The third-order valence-corrected chi connectivity index (χ3v) is 1.88. The molecule has 0 aliphatic carbocycles. The van der Waals surface area contributed by atoms with Gasteiger partial charge in [0.05, 0.1) is 6.20 Å². The molecule has 0 bridgehead atoms. The summed E-state index contributed by atoms with van der Waals surface area (Å²) >= 11 is 0. The van der Waals surface area contributed by atoms with Crippen LogP contribution in [0, 0.1) is 11.6 Å². The first-order chi connectivity index (χ1) is 7.59. The number of carboxylic acids is 1. The van der Waals surface area contributed by atoms with E-state index in [2.05, 4.69) is 10.3 Å². The second kappa shape index (κ2) is 3.69. The first kappa shape index (κ1) is 10.2. The van der Waals surface area contributed by atoms with Gasteiger partial charge < -0.3 is 5.11 Å². The molecule has 82 valence electrons. The van der Waals surface area contributed by atoms with Crippen molar-refractivity contribution in [2.24, 2.45) is 0 Å². The van der Waals surface area contributed by atoms with Gasteiger partial charge in [-0.15, -0.1) is 5.10 Å². The van der Waals surface area contributed by atoms with Crippen molar-refractivity contribution >= 4 is 5.97 Å². The van der Waals surface area contributed by atoms with Gasteiger partial charge in [0.15, 0.2) is 17.3 Å². The van der Waals surface area contributed by atoms with Crippen molar-refractivity contribution in [1.82, 2.24) is 15.0 Å². The Hall–Kier alpha value is -2.31. The van der Waals surface area contributed by atoms with Gasteiger partial charge in [-0.25, -0.2) is 18.3 Å². The first-order valence-electron chi connectivity index (χ1n) is 4.19. The molecule has 0 aliphatic heterocycles. The quantitative estimate of drug-likeness (QED) is 0.834. The number of carboxylic acid groups (broad SMARTS) is 1. The summed E-state index contributed by atoms with van der Waals surface area (Å²) in [6.45, 7) is 0. The van der Waals surface area contributed by atoms with Crippen molar-refractivity contribution in [2.45, 2.75) is 0 Å². The van der Waals surface area contributed by atoms with E-state index < -0.39 is 23.3 Å². The first-order valence-corrected chi connectivity index (χ1v) is 4.19. The van der Waals surface area contributed by atoms with Gasteiger partial charge in [-0.1, -0.05) is 11.3 Å². The Balaban J connectivity index is 2.54. The summed E-state index contributed by atoms with van der Waals surface area (Å²) < 4.78 is 27.3. The number of aromatic carboxylic acids is 1. The third kappa shape index (κ3) is 1.62. The molecule has 0 saturated carbocycles. The Labute approximate surface area is 87.9 Å². The van der Waals surface area contributed by atoms with E-state index >= 15 is 0 Å². The van der Waals surface area contributed by atoms with Crippen LogP contribution in [0.4, 0.5) is 8.78 Å². The number of hydrogen-bond donors (Lipinski definition) is 1. The van der Waals surface area contributed by atoms with Gasteiger partial charge in [0.2, 0.25) is 0 Å². The van der Waals surface area contributed by atoms with Gasteiger partial charge in [0.25, 0.3) is 0 Å². The fourth-order valence-electron chi connectivity index (χ4n) is 1.18. The Morgan fingerprint density at radius 2 is 1.94 bits per heavy atom. The molecule has 5 nitrogen and oxygen atoms in total. The SMILES string of the molecule is O=C(O)c1cn(-c2c(F)cccc2F)nn1. The van der Waals surface area contributed by atoms with Crippen LogP contribution in [0.5, 0.6) is 0 Å². The fourth-order valence-corrected chi connectivity index (χ4v) is 1.18. The summed E-state index contributed by atoms with van der Waals surface area (Å²) in [5, 5.41) is 15.2. The summed E-state index contributed by atoms with van der Waals surface area (Å²) in [4.78, 5) is 10.5. The maximum absolute atomic E-state index is 13.3. The van der Waals surface area contributed by atoms with E-state index in [9.17, 15) is 13.6 Å². The number of aromatic nitrogens is 3. The Morgan fingerprint density at radius 3 is 2.44 bits per heavy atom. The molecule has 2 aromatic rings. The highest BCUT2D eigenvalue weighted by molar-refractivity contribution is 5.84. The highest BCUT2D eigenvalue weighted by Crippen LogP contribution is 2.16. The van der Waals surface area contributed by atoms with Crippen LogP contribution in [0.1, 0.15) is 10.5 Å². The molecule has 0 saturated heterocycles. The molecule has 0 aliphatic rings. The standard InChI is InChI=1S/C9H5F2N3O2/c10-5-2-1-3-6(11)8(5)14-4-7(9(15)16)12-13-14/h1-4H,(H,15,16).